The van der Waals surface area contributed by atoms with E-state index < -0.39 is 29.6 Å². The number of amides is 1. The van der Waals surface area contributed by atoms with Gasteiger partial charge >= 0.3 is 6.18 Å². The molecule has 0 saturated carbocycles. The van der Waals surface area contributed by atoms with E-state index in [1.807, 2.05) is 0 Å². The molecule has 1 aromatic rings. The fourth-order valence-corrected chi connectivity index (χ4v) is 1.88. The molecule has 0 bridgehead atoms. The molecule has 0 fully saturated rings. The lowest BCUT2D eigenvalue weighted by Gasteiger charge is -2.28. The SMILES string of the molecule is CC(C)N(CC(F)(F)F)C(=O)c1ccc([N+](=O)[O-])cc1Cl. The van der Waals surface area contributed by atoms with E-state index in [1.165, 1.54) is 13.8 Å². The van der Waals surface area contributed by atoms with Gasteiger partial charge in [-0.1, -0.05) is 11.6 Å². The van der Waals surface area contributed by atoms with Crippen LogP contribution in [0.5, 0.6) is 0 Å². The van der Waals surface area contributed by atoms with Crippen molar-refractivity contribution in [2.45, 2.75) is 26.1 Å². The molecular formula is C12H12ClF3N2O3. The Kier molecular flexibility index (Phi) is 5.16. The molecule has 0 radical (unpaired) electrons. The summed E-state index contributed by atoms with van der Waals surface area (Å²) in [6, 6.07) is 2.30. The van der Waals surface area contributed by atoms with Crippen LogP contribution in [0.2, 0.25) is 5.02 Å². The highest BCUT2D eigenvalue weighted by atomic mass is 35.5. The van der Waals surface area contributed by atoms with Gasteiger partial charge in [0, 0.05) is 18.2 Å². The van der Waals surface area contributed by atoms with Crippen LogP contribution < -0.4 is 0 Å². The summed E-state index contributed by atoms with van der Waals surface area (Å²) in [5, 5.41) is 10.3. The number of carbonyl (C=O) groups excluding carboxylic acids is 1. The van der Waals surface area contributed by atoms with E-state index in [1.54, 1.807) is 0 Å². The Hall–Kier alpha value is -1.83. The average Bonchev–Trinajstić information content (AvgIpc) is 2.33. The summed E-state index contributed by atoms with van der Waals surface area (Å²) in [7, 11) is 0. The van der Waals surface area contributed by atoms with Crippen molar-refractivity contribution in [3.8, 4) is 0 Å². The number of nitrogens with zero attached hydrogens (tertiary/aromatic N) is 2. The molecule has 1 rings (SSSR count). The Labute approximate surface area is 123 Å². The highest BCUT2D eigenvalue weighted by Crippen LogP contribution is 2.26. The summed E-state index contributed by atoms with van der Waals surface area (Å²) in [4.78, 5) is 22.6. The fraction of sp³-hybridized carbons (Fsp3) is 0.417. The minimum absolute atomic E-state index is 0.208. The number of alkyl halides is 3. The molecule has 5 nitrogen and oxygen atoms in total. The quantitative estimate of drug-likeness (QED) is 0.627. The molecule has 0 heterocycles. The number of nitro benzene ring substituents is 1. The first-order valence-electron chi connectivity index (χ1n) is 5.84. The maximum Gasteiger partial charge on any atom is 0.406 e. The minimum atomic E-state index is -4.55. The average molecular weight is 325 g/mol. The van der Waals surface area contributed by atoms with Gasteiger partial charge in [0.05, 0.1) is 15.5 Å². The number of nitro groups is 1. The molecule has 0 aliphatic heterocycles. The van der Waals surface area contributed by atoms with Crippen molar-refractivity contribution >= 4 is 23.2 Å². The van der Waals surface area contributed by atoms with E-state index in [4.69, 9.17) is 11.6 Å². The van der Waals surface area contributed by atoms with Crippen molar-refractivity contribution in [3.05, 3.63) is 38.9 Å². The molecular weight excluding hydrogens is 313 g/mol. The number of hydrogen-bond acceptors (Lipinski definition) is 3. The summed E-state index contributed by atoms with van der Waals surface area (Å²) in [6.07, 6.45) is -4.55. The Morgan fingerprint density at radius 2 is 2.00 bits per heavy atom. The predicted octanol–water partition coefficient (Wildman–Crippen LogP) is 3.66. The number of hydrogen-bond donors (Lipinski definition) is 0. The highest BCUT2D eigenvalue weighted by Gasteiger charge is 2.35. The van der Waals surface area contributed by atoms with Crippen LogP contribution in [0.3, 0.4) is 0 Å². The van der Waals surface area contributed by atoms with Crippen molar-refractivity contribution in [2.75, 3.05) is 6.54 Å². The lowest BCUT2D eigenvalue weighted by Crippen LogP contribution is -2.43. The first kappa shape index (κ1) is 17.2. The van der Waals surface area contributed by atoms with Crippen LogP contribution in [0.25, 0.3) is 0 Å². The number of non-ortho nitro benzene ring substituents is 1. The van der Waals surface area contributed by atoms with Gasteiger partial charge in [0.2, 0.25) is 0 Å². The second kappa shape index (κ2) is 6.30. The van der Waals surface area contributed by atoms with Crippen molar-refractivity contribution in [1.29, 1.82) is 0 Å². The Morgan fingerprint density at radius 1 is 1.43 bits per heavy atom. The largest absolute Gasteiger partial charge is 0.406 e. The Bertz CT molecular complexity index is 561. The number of benzene rings is 1. The van der Waals surface area contributed by atoms with Gasteiger partial charge in [0.15, 0.2) is 0 Å². The second-order valence-electron chi connectivity index (χ2n) is 4.56. The first-order valence-corrected chi connectivity index (χ1v) is 6.22. The third kappa shape index (κ3) is 4.59. The Balaban J connectivity index is 3.13. The highest BCUT2D eigenvalue weighted by molar-refractivity contribution is 6.34. The van der Waals surface area contributed by atoms with Crippen molar-refractivity contribution in [2.24, 2.45) is 0 Å². The van der Waals surface area contributed by atoms with Gasteiger partial charge < -0.3 is 4.90 Å². The summed E-state index contributed by atoms with van der Waals surface area (Å²) in [5.74, 6) is -0.928. The second-order valence-corrected chi connectivity index (χ2v) is 4.97. The molecule has 0 saturated heterocycles. The molecule has 0 unspecified atom stereocenters. The van der Waals surface area contributed by atoms with Gasteiger partial charge in [0.1, 0.15) is 6.54 Å². The normalized spacial score (nSPS) is 11.6. The summed E-state index contributed by atoms with van der Waals surface area (Å²) >= 11 is 5.76. The van der Waals surface area contributed by atoms with Gasteiger partial charge in [0.25, 0.3) is 11.6 Å². The molecule has 0 aromatic heterocycles. The summed E-state index contributed by atoms with van der Waals surface area (Å²) in [6.45, 7) is 1.45. The van der Waals surface area contributed by atoms with Gasteiger partial charge in [-0.05, 0) is 19.9 Å². The third-order valence-electron chi connectivity index (χ3n) is 2.63. The number of halogens is 4. The minimum Gasteiger partial charge on any atom is -0.327 e. The first-order chi connectivity index (χ1) is 9.53. The van der Waals surface area contributed by atoms with Gasteiger partial charge in [-0.3, -0.25) is 14.9 Å². The zero-order valence-electron chi connectivity index (χ0n) is 11.1. The zero-order valence-corrected chi connectivity index (χ0v) is 11.9. The summed E-state index contributed by atoms with van der Waals surface area (Å²) < 4.78 is 37.5. The molecule has 9 heteroatoms. The van der Waals surface area contributed by atoms with E-state index in [9.17, 15) is 28.1 Å². The van der Waals surface area contributed by atoms with Gasteiger partial charge in [-0.15, -0.1) is 0 Å². The van der Waals surface area contributed by atoms with Crippen molar-refractivity contribution < 1.29 is 22.9 Å². The van der Waals surface area contributed by atoms with Crippen LogP contribution >= 0.6 is 11.6 Å². The van der Waals surface area contributed by atoms with Gasteiger partial charge in [-0.2, -0.15) is 13.2 Å². The molecule has 0 atom stereocenters. The Morgan fingerprint density at radius 3 is 2.38 bits per heavy atom. The molecule has 0 N–H and O–H groups in total. The van der Waals surface area contributed by atoms with Crippen molar-refractivity contribution in [3.63, 3.8) is 0 Å². The van der Waals surface area contributed by atoms with E-state index in [2.05, 4.69) is 0 Å². The monoisotopic (exact) mass is 324 g/mol. The molecule has 0 aliphatic rings. The van der Waals surface area contributed by atoms with Gasteiger partial charge in [-0.25, -0.2) is 0 Å². The molecule has 21 heavy (non-hydrogen) atoms. The third-order valence-corrected chi connectivity index (χ3v) is 2.94. The molecule has 1 aromatic carbocycles. The lowest BCUT2D eigenvalue weighted by atomic mass is 10.1. The fourth-order valence-electron chi connectivity index (χ4n) is 1.63. The molecule has 0 aliphatic carbocycles. The predicted molar refractivity (Wildman–Crippen MR) is 70.3 cm³/mol. The molecule has 116 valence electrons. The molecule has 0 spiro atoms. The number of carbonyl (C=O) groups is 1. The maximum absolute atomic E-state index is 12.5. The van der Waals surface area contributed by atoms with E-state index in [0.717, 1.165) is 18.2 Å². The topological polar surface area (TPSA) is 63.5 Å². The summed E-state index contributed by atoms with van der Waals surface area (Å²) in [5.41, 5.74) is -0.552. The van der Waals surface area contributed by atoms with Crippen LogP contribution in [-0.2, 0) is 0 Å². The van der Waals surface area contributed by atoms with Crippen LogP contribution in [0.15, 0.2) is 18.2 Å². The maximum atomic E-state index is 12.5. The van der Waals surface area contributed by atoms with E-state index in [0.29, 0.717) is 4.90 Å². The molecule has 1 amide bonds. The van der Waals surface area contributed by atoms with Crippen LogP contribution in [-0.4, -0.2) is 34.5 Å². The lowest BCUT2D eigenvalue weighted by molar-refractivity contribution is -0.384. The van der Waals surface area contributed by atoms with Crippen LogP contribution in [0.1, 0.15) is 24.2 Å². The van der Waals surface area contributed by atoms with Crippen LogP contribution in [0, 0.1) is 10.1 Å². The number of rotatable bonds is 4. The van der Waals surface area contributed by atoms with Crippen LogP contribution in [0.4, 0.5) is 18.9 Å². The smallest absolute Gasteiger partial charge is 0.327 e. The standard InChI is InChI=1S/C12H12ClF3N2O3/c1-7(2)17(6-12(14,15)16)11(19)9-4-3-8(18(20)21)5-10(9)13/h3-5,7H,6H2,1-2H3. The van der Waals surface area contributed by atoms with Crippen molar-refractivity contribution in [1.82, 2.24) is 4.90 Å². The van der Waals surface area contributed by atoms with E-state index in [-0.39, 0.29) is 16.3 Å². The zero-order chi connectivity index (χ0) is 16.4. The van der Waals surface area contributed by atoms with E-state index >= 15 is 0 Å².